The van der Waals surface area contributed by atoms with Crippen molar-refractivity contribution in [2.24, 2.45) is 0 Å². The Morgan fingerprint density at radius 1 is 1.36 bits per heavy atom. The first kappa shape index (κ1) is 6.37. The summed E-state index contributed by atoms with van der Waals surface area (Å²) in [5.74, 6) is 0. The van der Waals surface area contributed by atoms with Crippen LogP contribution >= 0.6 is 0 Å². The molecule has 0 fully saturated rings. The Kier molecular flexibility index (Phi) is 1.36. The minimum absolute atomic E-state index is 0.0653. The van der Waals surface area contributed by atoms with Crippen LogP contribution in [-0.2, 0) is 6.61 Å². The molecular weight excluding hydrogens is 140 g/mol. The van der Waals surface area contributed by atoms with Crippen LogP contribution in [0.25, 0.3) is 5.52 Å². The topological polar surface area (TPSA) is 37.5 Å². The summed E-state index contributed by atoms with van der Waals surface area (Å²) < 4.78 is 1.74. The van der Waals surface area contributed by atoms with Gasteiger partial charge in [-0.25, -0.2) is 4.52 Å². The van der Waals surface area contributed by atoms with Crippen molar-refractivity contribution in [3.63, 3.8) is 0 Å². The van der Waals surface area contributed by atoms with Crippen LogP contribution in [0.3, 0.4) is 0 Å². The lowest BCUT2D eigenvalue weighted by Crippen LogP contribution is -1.90. The van der Waals surface area contributed by atoms with Gasteiger partial charge < -0.3 is 5.11 Å². The van der Waals surface area contributed by atoms with E-state index in [0.717, 1.165) is 11.1 Å². The summed E-state index contributed by atoms with van der Waals surface area (Å²) in [6.07, 6.45) is 3.55. The van der Waals surface area contributed by atoms with E-state index in [-0.39, 0.29) is 6.61 Å². The number of fused-ring (bicyclic) bond motifs is 1. The Hall–Kier alpha value is -1.35. The van der Waals surface area contributed by atoms with Crippen LogP contribution in [0.2, 0.25) is 0 Å². The average Bonchev–Trinajstić information content (AvgIpc) is 2.50. The van der Waals surface area contributed by atoms with Crippen LogP contribution in [0.15, 0.2) is 30.6 Å². The van der Waals surface area contributed by atoms with Gasteiger partial charge in [0, 0.05) is 12.4 Å². The molecule has 0 aliphatic rings. The van der Waals surface area contributed by atoms with Crippen molar-refractivity contribution in [2.75, 3.05) is 0 Å². The number of aliphatic hydroxyl groups is 1. The first-order valence-electron chi connectivity index (χ1n) is 3.43. The van der Waals surface area contributed by atoms with Crippen LogP contribution in [-0.4, -0.2) is 14.7 Å². The van der Waals surface area contributed by atoms with Crippen LogP contribution in [0, 0.1) is 0 Å². The summed E-state index contributed by atoms with van der Waals surface area (Å²) in [4.78, 5) is 0. The standard InChI is InChI=1S/C8H8N2O/c11-6-7-1-2-8-3-4-9-10(8)5-7/h1-5,11H,6H2. The Labute approximate surface area is 63.9 Å². The van der Waals surface area contributed by atoms with Gasteiger partial charge in [0.1, 0.15) is 0 Å². The molecule has 0 radical (unpaired) electrons. The van der Waals surface area contributed by atoms with Gasteiger partial charge in [-0.1, -0.05) is 6.07 Å². The maximum absolute atomic E-state index is 8.79. The first-order chi connectivity index (χ1) is 5.40. The molecule has 2 heterocycles. The third-order valence-electron chi connectivity index (χ3n) is 1.64. The van der Waals surface area contributed by atoms with E-state index < -0.39 is 0 Å². The molecule has 0 spiro atoms. The number of pyridine rings is 1. The van der Waals surface area contributed by atoms with Gasteiger partial charge >= 0.3 is 0 Å². The van der Waals surface area contributed by atoms with E-state index in [1.165, 1.54) is 0 Å². The summed E-state index contributed by atoms with van der Waals surface area (Å²) >= 11 is 0. The van der Waals surface area contributed by atoms with E-state index >= 15 is 0 Å². The van der Waals surface area contributed by atoms with E-state index in [0.29, 0.717) is 0 Å². The molecule has 3 nitrogen and oxygen atoms in total. The molecule has 1 N–H and O–H groups in total. The largest absolute Gasteiger partial charge is 0.392 e. The van der Waals surface area contributed by atoms with E-state index in [1.807, 2.05) is 24.4 Å². The predicted molar refractivity (Wildman–Crippen MR) is 41.1 cm³/mol. The molecule has 0 aliphatic heterocycles. The second kappa shape index (κ2) is 2.36. The fourth-order valence-corrected chi connectivity index (χ4v) is 1.05. The highest BCUT2D eigenvalue weighted by Gasteiger charge is 1.93. The number of hydrogen-bond donors (Lipinski definition) is 1. The van der Waals surface area contributed by atoms with Crippen molar-refractivity contribution in [3.05, 3.63) is 36.2 Å². The van der Waals surface area contributed by atoms with Gasteiger partial charge in [-0.05, 0) is 17.7 Å². The van der Waals surface area contributed by atoms with Crippen molar-refractivity contribution in [1.29, 1.82) is 0 Å². The Balaban J connectivity index is 2.67. The molecule has 2 rings (SSSR count). The Morgan fingerprint density at radius 2 is 2.27 bits per heavy atom. The highest BCUT2D eigenvalue weighted by molar-refractivity contribution is 5.45. The lowest BCUT2D eigenvalue weighted by Gasteiger charge is -1.95. The molecular formula is C8H8N2O. The zero-order valence-electron chi connectivity index (χ0n) is 5.94. The van der Waals surface area contributed by atoms with Crippen LogP contribution < -0.4 is 0 Å². The number of hydrogen-bond acceptors (Lipinski definition) is 2. The summed E-state index contributed by atoms with van der Waals surface area (Å²) in [7, 11) is 0. The van der Waals surface area contributed by atoms with Crippen molar-refractivity contribution < 1.29 is 5.11 Å². The Morgan fingerprint density at radius 3 is 3.09 bits per heavy atom. The van der Waals surface area contributed by atoms with Crippen molar-refractivity contribution >= 4 is 5.52 Å². The highest BCUT2D eigenvalue weighted by Crippen LogP contribution is 2.04. The summed E-state index contributed by atoms with van der Waals surface area (Å²) in [6.45, 7) is 0.0653. The van der Waals surface area contributed by atoms with E-state index in [2.05, 4.69) is 5.10 Å². The average molecular weight is 148 g/mol. The van der Waals surface area contributed by atoms with Crippen molar-refractivity contribution in [1.82, 2.24) is 9.61 Å². The summed E-state index contributed by atoms with van der Waals surface area (Å²) in [5, 5.41) is 12.8. The molecule has 0 saturated carbocycles. The first-order valence-corrected chi connectivity index (χ1v) is 3.43. The monoisotopic (exact) mass is 148 g/mol. The van der Waals surface area contributed by atoms with Gasteiger partial charge in [0.2, 0.25) is 0 Å². The van der Waals surface area contributed by atoms with Gasteiger partial charge in [-0.3, -0.25) is 0 Å². The molecule has 0 amide bonds. The van der Waals surface area contributed by atoms with E-state index in [1.54, 1.807) is 10.7 Å². The molecule has 0 atom stereocenters. The zero-order valence-corrected chi connectivity index (χ0v) is 5.94. The minimum atomic E-state index is 0.0653. The maximum atomic E-state index is 8.79. The van der Waals surface area contributed by atoms with Gasteiger partial charge in [-0.2, -0.15) is 5.10 Å². The normalized spacial score (nSPS) is 10.6. The number of nitrogens with zero attached hydrogens (tertiary/aromatic N) is 2. The number of aromatic nitrogens is 2. The number of rotatable bonds is 1. The third-order valence-corrected chi connectivity index (χ3v) is 1.64. The number of aliphatic hydroxyl groups excluding tert-OH is 1. The van der Waals surface area contributed by atoms with Gasteiger partial charge in [0.15, 0.2) is 0 Å². The zero-order chi connectivity index (χ0) is 7.68. The van der Waals surface area contributed by atoms with Crippen LogP contribution in [0.1, 0.15) is 5.56 Å². The lowest BCUT2D eigenvalue weighted by atomic mass is 10.3. The van der Waals surface area contributed by atoms with E-state index in [4.69, 9.17) is 5.11 Å². The third kappa shape index (κ3) is 0.991. The molecule has 0 unspecified atom stereocenters. The van der Waals surface area contributed by atoms with Crippen LogP contribution in [0.4, 0.5) is 0 Å². The lowest BCUT2D eigenvalue weighted by molar-refractivity contribution is 0.281. The minimum Gasteiger partial charge on any atom is -0.392 e. The van der Waals surface area contributed by atoms with Gasteiger partial charge in [0.05, 0.1) is 12.1 Å². The molecule has 2 aromatic rings. The summed E-state index contributed by atoms with van der Waals surface area (Å²) in [6, 6.07) is 5.73. The predicted octanol–water partition coefficient (Wildman–Crippen LogP) is 0.827. The molecule has 0 aromatic carbocycles. The van der Waals surface area contributed by atoms with E-state index in [9.17, 15) is 0 Å². The maximum Gasteiger partial charge on any atom is 0.0696 e. The second-order valence-electron chi connectivity index (χ2n) is 2.40. The highest BCUT2D eigenvalue weighted by atomic mass is 16.3. The quantitative estimate of drug-likeness (QED) is 0.650. The Bertz CT molecular complexity index is 367. The SMILES string of the molecule is OCc1ccc2ccnn2c1. The second-order valence-corrected chi connectivity index (χ2v) is 2.40. The smallest absolute Gasteiger partial charge is 0.0696 e. The van der Waals surface area contributed by atoms with Crippen molar-refractivity contribution in [3.8, 4) is 0 Å². The summed E-state index contributed by atoms with van der Waals surface area (Å²) in [5.41, 5.74) is 1.92. The van der Waals surface area contributed by atoms with Crippen LogP contribution in [0.5, 0.6) is 0 Å². The molecule has 11 heavy (non-hydrogen) atoms. The van der Waals surface area contributed by atoms with Gasteiger partial charge in [-0.15, -0.1) is 0 Å². The van der Waals surface area contributed by atoms with Crippen molar-refractivity contribution in [2.45, 2.75) is 6.61 Å². The molecule has 3 heteroatoms. The fourth-order valence-electron chi connectivity index (χ4n) is 1.05. The molecule has 56 valence electrons. The molecule has 2 aromatic heterocycles. The molecule has 0 aliphatic carbocycles. The van der Waals surface area contributed by atoms with Gasteiger partial charge in [0.25, 0.3) is 0 Å². The fraction of sp³-hybridized carbons (Fsp3) is 0.125. The molecule has 0 bridgehead atoms. The molecule has 0 saturated heterocycles.